The Bertz CT molecular complexity index is 1550. The van der Waals surface area contributed by atoms with Crippen molar-refractivity contribution in [1.82, 2.24) is 10.2 Å². The van der Waals surface area contributed by atoms with Crippen molar-refractivity contribution in [3.63, 3.8) is 0 Å². The van der Waals surface area contributed by atoms with Gasteiger partial charge in [-0.3, -0.25) is 13.9 Å². The first-order valence-corrected chi connectivity index (χ1v) is 15.7. The fraction of sp³-hybridized carbons (Fsp3) is 0.355. The Morgan fingerprint density at radius 1 is 1.02 bits per heavy atom. The highest BCUT2D eigenvalue weighted by Gasteiger charge is 2.37. The lowest BCUT2D eigenvalue weighted by Gasteiger charge is -2.32. The van der Waals surface area contributed by atoms with Gasteiger partial charge in [0.05, 0.1) is 28.3 Å². The number of rotatable bonds is 13. The van der Waals surface area contributed by atoms with Crippen molar-refractivity contribution in [3.8, 4) is 5.75 Å². The van der Waals surface area contributed by atoms with Crippen LogP contribution >= 0.6 is 11.6 Å². The van der Waals surface area contributed by atoms with Crippen molar-refractivity contribution in [2.24, 2.45) is 0 Å². The number of methoxy groups -OCH3 is 1. The van der Waals surface area contributed by atoms with Crippen LogP contribution in [0.25, 0.3) is 0 Å². The SMILES string of the molecule is CCCCNC(=O)C(C)N(Cc1ccc(OC)cc1)C(=O)CN(c1ccc(Cl)c(C(F)(F)F)c1)S(=O)(=O)c1ccc(C)cc1. The minimum absolute atomic E-state index is 0.0853. The maximum absolute atomic E-state index is 14.0. The molecule has 1 atom stereocenters. The number of alkyl halides is 3. The Morgan fingerprint density at radius 2 is 1.66 bits per heavy atom. The Hall–Kier alpha value is -3.77. The highest BCUT2D eigenvalue weighted by Crippen LogP contribution is 2.38. The second kappa shape index (κ2) is 14.8. The molecule has 0 aliphatic heterocycles. The van der Waals surface area contributed by atoms with Gasteiger partial charge in [0.15, 0.2) is 0 Å². The maximum Gasteiger partial charge on any atom is 0.417 e. The summed E-state index contributed by atoms with van der Waals surface area (Å²) in [5.41, 5.74) is -0.302. The molecular formula is C31H35ClF3N3O5S. The number of anilines is 1. The Morgan fingerprint density at radius 3 is 2.23 bits per heavy atom. The van der Waals surface area contributed by atoms with E-state index in [4.69, 9.17) is 16.3 Å². The van der Waals surface area contributed by atoms with Gasteiger partial charge in [0.2, 0.25) is 11.8 Å². The minimum atomic E-state index is -4.89. The lowest BCUT2D eigenvalue weighted by molar-refractivity contribution is -0.139. The van der Waals surface area contributed by atoms with Crippen LogP contribution in [0.4, 0.5) is 18.9 Å². The van der Waals surface area contributed by atoms with Gasteiger partial charge < -0.3 is 15.0 Å². The lowest BCUT2D eigenvalue weighted by atomic mass is 10.1. The number of sulfonamides is 1. The van der Waals surface area contributed by atoms with Gasteiger partial charge in [-0.15, -0.1) is 0 Å². The molecule has 0 fully saturated rings. The normalized spacial score (nSPS) is 12.4. The lowest BCUT2D eigenvalue weighted by Crippen LogP contribution is -2.51. The number of benzene rings is 3. The predicted octanol–water partition coefficient (Wildman–Crippen LogP) is 6.20. The number of carbonyl (C=O) groups excluding carboxylic acids is 2. The molecule has 8 nitrogen and oxygen atoms in total. The third kappa shape index (κ3) is 8.66. The van der Waals surface area contributed by atoms with Crippen LogP contribution in [0.3, 0.4) is 0 Å². The number of nitrogens with zero attached hydrogens (tertiary/aromatic N) is 2. The zero-order chi connectivity index (χ0) is 32.7. The molecule has 2 amide bonds. The third-order valence-corrected chi connectivity index (χ3v) is 9.06. The Kier molecular flexibility index (Phi) is 11.7. The molecule has 0 saturated carbocycles. The number of aryl methyl sites for hydroxylation is 1. The summed E-state index contributed by atoms with van der Waals surface area (Å²) >= 11 is 5.81. The van der Waals surface area contributed by atoms with Crippen LogP contribution in [0.1, 0.15) is 43.4 Å². The standard InChI is InChI=1S/C31H35ClF3N3O5S/c1-5-6-17-36-30(40)22(3)37(19-23-9-12-25(43-4)13-10-23)29(39)20-38(44(41,42)26-14-7-21(2)8-15-26)24-11-16-28(32)27(18-24)31(33,34)35/h7-16,18,22H,5-6,17,19-20H2,1-4H3,(H,36,40). The van der Waals surface area contributed by atoms with E-state index >= 15 is 0 Å². The molecule has 3 aromatic carbocycles. The van der Waals surface area contributed by atoms with Crippen molar-refractivity contribution in [2.75, 3.05) is 24.5 Å². The van der Waals surface area contributed by atoms with Crippen molar-refractivity contribution in [3.05, 3.63) is 88.4 Å². The average Bonchev–Trinajstić information content (AvgIpc) is 2.98. The number of nitrogens with one attached hydrogen (secondary N) is 1. The number of ether oxygens (including phenoxy) is 1. The first kappa shape index (κ1) is 34.7. The van der Waals surface area contributed by atoms with Gasteiger partial charge >= 0.3 is 6.18 Å². The average molecular weight is 654 g/mol. The minimum Gasteiger partial charge on any atom is -0.497 e. The number of hydrogen-bond acceptors (Lipinski definition) is 5. The Balaban J connectivity index is 2.09. The largest absolute Gasteiger partial charge is 0.497 e. The molecule has 1 unspecified atom stereocenters. The molecule has 0 aliphatic rings. The second-order valence-corrected chi connectivity index (χ2v) is 12.4. The summed E-state index contributed by atoms with van der Waals surface area (Å²) in [5, 5.41) is 2.15. The number of unbranched alkanes of at least 4 members (excludes halogenated alkanes) is 1. The fourth-order valence-electron chi connectivity index (χ4n) is 4.30. The third-order valence-electron chi connectivity index (χ3n) is 6.94. The number of carbonyl (C=O) groups is 2. The number of amides is 2. The summed E-state index contributed by atoms with van der Waals surface area (Å²) < 4.78 is 74.9. The zero-order valence-electron chi connectivity index (χ0n) is 24.8. The zero-order valence-corrected chi connectivity index (χ0v) is 26.4. The summed E-state index contributed by atoms with van der Waals surface area (Å²) in [7, 11) is -3.06. The fourth-order valence-corrected chi connectivity index (χ4v) is 5.93. The first-order valence-electron chi connectivity index (χ1n) is 13.8. The summed E-state index contributed by atoms with van der Waals surface area (Å²) in [4.78, 5) is 28.0. The maximum atomic E-state index is 14.0. The van der Waals surface area contributed by atoms with E-state index in [2.05, 4.69) is 5.32 Å². The molecule has 0 saturated heterocycles. The summed E-state index contributed by atoms with van der Waals surface area (Å²) in [6.45, 7) is 4.61. The molecule has 0 spiro atoms. The second-order valence-electron chi connectivity index (χ2n) is 10.2. The molecule has 0 aromatic heterocycles. The van der Waals surface area contributed by atoms with Crippen LogP contribution < -0.4 is 14.4 Å². The highest BCUT2D eigenvalue weighted by atomic mass is 35.5. The van der Waals surface area contributed by atoms with Crippen LogP contribution in [-0.2, 0) is 32.3 Å². The van der Waals surface area contributed by atoms with E-state index < -0.39 is 56.9 Å². The van der Waals surface area contributed by atoms with Gasteiger partial charge in [0.25, 0.3) is 10.0 Å². The van der Waals surface area contributed by atoms with Crippen LogP contribution in [-0.4, -0.2) is 51.4 Å². The molecule has 1 N–H and O–H groups in total. The van der Waals surface area contributed by atoms with Crippen LogP contribution in [0.2, 0.25) is 5.02 Å². The predicted molar refractivity (Wildman–Crippen MR) is 163 cm³/mol. The Labute approximate surface area is 260 Å². The van der Waals surface area contributed by atoms with Crippen molar-refractivity contribution in [2.45, 2.75) is 57.3 Å². The van der Waals surface area contributed by atoms with E-state index in [1.54, 1.807) is 31.2 Å². The molecule has 0 radical (unpaired) electrons. The number of halogens is 4. The van der Waals surface area contributed by atoms with Gasteiger partial charge in [-0.05, 0) is 68.3 Å². The van der Waals surface area contributed by atoms with Crippen LogP contribution in [0.5, 0.6) is 5.75 Å². The summed E-state index contributed by atoms with van der Waals surface area (Å²) in [6.07, 6.45) is -3.34. The van der Waals surface area contributed by atoms with E-state index in [1.807, 2.05) is 6.92 Å². The molecule has 0 aliphatic carbocycles. The molecule has 44 heavy (non-hydrogen) atoms. The first-order chi connectivity index (χ1) is 20.7. The molecular weight excluding hydrogens is 619 g/mol. The van der Waals surface area contributed by atoms with Gasteiger partial charge in [-0.2, -0.15) is 13.2 Å². The summed E-state index contributed by atoms with van der Waals surface area (Å²) in [6, 6.07) is 14.0. The van der Waals surface area contributed by atoms with Crippen LogP contribution in [0.15, 0.2) is 71.6 Å². The quantitative estimate of drug-likeness (QED) is 0.222. The molecule has 0 bridgehead atoms. The monoisotopic (exact) mass is 653 g/mol. The van der Waals surface area contributed by atoms with E-state index in [0.29, 0.717) is 34.7 Å². The van der Waals surface area contributed by atoms with E-state index in [-0.39, 0.29) is 11.4 Å². The van der Waals surface area contributed by atoms with Gasteiger partial charge in [0, 0.05) is 13.1 Å². The van der Waals surface area contributed by atoms with E-state index in [0.717, 1.165) is 24.1 Å². The van der Waals surface area contributed by atoms with Crippen molar-refractivity contribution >= 4 is 39.1 Å². The molecule has 3 aromatic rings. The smallest absolute Gasteiger partial charge is 0.417 e. The highest BCUT2D eigenvalue weighted by molar-refractivity contribution is 7.92. The summed E-state index contributed by atoms with van der Waals surface area (Å²) in [5.74, 6) is -0.701. The van der Waals surface area contributed by atoms with Crippen LogP contribution in [0, 0.1) is 6.92 Å². The van der Waals surface area contributed by atoms with E-state index in [9.17, 15) is 31.2 Å². The van der Waals surface area contributed by atoms with Crippen molar-refractivity contribution < 1.29 is 35.9 Å². The molecule has 0 heterocycles. The van der Waals surface area contributed by atoms with Crippen molar-refractivity contribution in [1.29, 1.82) is 0 Å². The van der Waals surface area contributed by atoms with Gasteiger partial charge in [-0.25, -0.2) is 8.42 Å². The van der Waals surface area contributed by atoms with E-state index in [1.165, 1.54) is 43.2 Å². The molecule has 238 valence electrons. The molecule has 13 heteroatoms. The topological polar surface area (TPSA) is 96.0 Å². The number of hydrogen-bond donors (Lipinski definition) is 1. The molecule has 3 rings (SSSR count). The van der Waals surface area contributed by atoms with Gasteiger partial charge in [0.1, 0.15) is 18.3 Å². The van der Waals surface area contributed by atoms with Gasteiger partial charge in [-0.1, -0.05) is 54.8 Å².